The van der Waals surface area contributed by atoms with E-state index < -0.39 is 204 Å². The number of hydrogen-bond acceptors (Lipinski definition) is 24. The van der Waals surface area contributed by atoms with E-state index in [4.69, 9.17) is 42.6 Å². The lowest BCUT2D eigenvalue weighted by Gasteiger charge is -2.73. The maximum absolute atomic E-state index is 14.1. The summed E-state index contributed by atoms with van der Waals surface area (Å²) in [6, 6.07) is 0. The van der Waals surface area contributed by atoms with Gasteiger partial charge in [-0.2, -0.15) is 0 Å². The highest BCUT2D eigenvalue weighted by Crippen LogP contribution is 2.76. The fraction of sp³-hybridized carbons (Fsp3) is 0.893. The predicted octanol–water partition coefficient (Wildman–Crippen LogP) is -0.918. The Morgan fingerprint density at radius 1 is 0.704 bits per heavy atom. The van der Waals surface area contributed by atoms with Crippen molar-refractivity contribution in [1.82, 2.24) is 0 Å². The second-order valence-electron chi connectivity index (χ2n) is 26.5. The molecule has 0 amide bonds. The summed E-state index contributed by atoms with van der Waals surface area (Å²) in [5, 5.41) is 134. The number of fused-ring (bicyclic) bond motifs is 7. The van der Waals surface area contributed by atoms with Crippen molar-refractivity contribution in [3.8, 4) is 0 Å². The Kier molecular flexibility index (Phi) is 17.9. The van der Waals surface area contributed by atoms with Crippen molar-refractivity contribution in [2.24, 2.45) is 50.2 Å². The summed E-state index contributed by atoms with van der Waals surface area (Å²) in [6.07, 6.45) is -28.3. The molecule has 0 aromatic carbocycles. The van der Waals surface area contributed by atoms with Crippen molar-refractivity contribution >= 4 is 23.9 Å². The Bertz CT molecular complexity index is 2370. The Hall–Kier alpha value is -3.06. The minimum absolute atomic E-state index is 0.0397. The van der Waals surface area contributed by atoms with Crippen LogP contribution in [0.25, 0.3) is 0 Å². The predicted molar refractivity (Wildman–Crippen MR) is 274 cm³/mol. The molecule has 0 bridgehead atoms. The third kappa shape index (κ3) is 10.2. The van der Waals surface area contributed by atoms with Crippen molar-refractivity contribution in [3.63, 3.8) is 0 Å². The van der Waals surface area contributed by atoms with Gasteiger partial charge in [-0.15, -0.1) is 0 Å². The minimum Gasteiger partial charge on any atom is -0.479 e. The molecule has 5 aliphatic carbocycles. The molecule has 7 fully saturated rings. The van der Waals surface area contributed by atoms with E-state index in [0.29, 0.717) is 32.1 Å². The third-order valence-electron chi connectivity index (χ3n) is 21.3. The molecule has 462 valence electrons. The molecule has 0 aromatic rings. The highest BCUT2D eigenvalue weighted by Gasteiger charge is 2.76. The molecule has 81 heavy (non-hydrogen) atoms. The van der Waals surface area contributed by atoms with Gasteiger partial charge < -0.3 is 104 Å². The van der Waals surface area contributed by atoms with Crippen molar-refractivity contribution in [2.75, 3.05) is 19.8 Å². The van der Waals surface area contributed by atoms with E-state index in [-0.39, 0.29) is 24.7 Å². The van der Waals surface area contributed by atoms with E-state index in [0.717, 1.165) is 19.4 Å². The summed E-state index contributed by atoms with van der Waals surface area (Å²) in [5.41, 5.74) is -7.04. The molecule has 27 unspecified atom stereocenters. The van der Waals surface area contributed by atoms with Crippen molar-refractivity contribution in [2.45, 2.75) is 243 Å². The van der Waals surface area contributed by atoms with Gasteiger partial charge in [0, 0.05) is 24.7 Å². The number of carbonyl (C=O) groups excluding carboxylic acids is 3. The number of carboxylic acid groups (broad SMARTS) is 1. The largest absolute Gasteiger partial charge is 0.479 e. The Morgan fingerprint density at radius 3 is 1.94 bits per heavy atom. The summed E-state index contributed by atoms with van der Waals surface area (Å²) < 4.78 is 54.1. The summed E-state index contributed by atoms with van der Waals surface area (Å²) in [5.74, 6) is -5.18. The molecule has 25 heteroatoms. The lowest BCUT2D eigenvalue weighted by molar-refractivity contribution is -0.392. The van der Waals surface area contributed by atoms with Crippen LogP contribution in [0.2, 0.25) is 0 Å². The van der Waals surface area contributed by atoms with Crippen molar-refractivity contribution in [3.05, 3.63) is 11.6 Å². The summed E-state index contributed by atoms with van der Waals surface area (Å²) in [7, 11) is 0. The molecule has 12 N–H and O–H groups in total. The first kappa shape index (κ1) is 63.9. The molecule has 8 aliphatic rings. The number of rotatable bonds is 14. The molecule has 0 spiro atoms. The first-order valence-corrected chi connectivity index (χ1v) is 28.3. The topological polar surface area (TPSA) is 394 Å². The number of aliphatic hydroxyl groups excluding tert-OH is 11. The Labute approximate surface area is 470 Å². The van der Waals surface area contributed by atoms with Crippen LogP contribution < -0.4 is 0 Å². The second kappa shape index (κ2) is 22.7. The molecule has 0 radical (unpaired) electrons. The lowest BCUT2D eigenvalue weighted by Crippen LogP contribution is -2.76. The van der Waals surface area contributed by atoms with Crippen LogP contribution in [0, 0.1) is 50.2 Å². The van der Waals surface area contributed by atoms with Crippen LogP contribution in [-0.4, -0.2) is 227 Å². The van der Waals surface area contributed by atoms with Crippen LogP contribution in [0.5, 0.6) is 0 Å². The average molecular weight is 1160 g/mol. The second-order valence-corrected chi connectivity index (χ2v) is 26.5. The van der Waals surface area contributed by atoms with Gasteiger partial charge in [-0.05, 0) is 85.9 Å². The number of allylic oxidation sites excluding steroid dienone is 1. The molecule has 25 nitrogen and oxygen atoms in total. The zero-order valence-corrected chi connectivity index (χ0v) is 48.0. The molecular weight excluding hydrogens is 1070 g/mol. The molecule has 0 aromatic heterocycles. The number of ether oxygens (including phenoxy) is 9. The molecular formula is C56H88O25. The fourth-order valence-corrected chi connectivity index (χ4v) is 16.5. The fourth-order valence-electron chi connectivity index (χ4n) is 16.5. The van der Waals surface area contributed by atoms with Gasteiger partial charge in [-0.3, -0.25) is 9.59 Å². The van der Waals surface area contributed by atoms with Gasteiger partial charge in [0.25, 0.3) is 0 Å². The van der Waals surface area contributed by atoms with E-state index in [9.17, 15) is 80.5 Å². The van der Waals surface area contributed by atoms with Crippen molar-refractivity contribution < 1.29 is 123 Å². The number of esters is 3. The van der Waals surface area contributed by atoms with Crippen molar-refractivity contribution in [1.29, 1.82) is 0 Å². The summed E-state index contributed by atoms with van der Waals surface area (Å²) >= 11 is 0. The van der Waals surface area contributed by atoms with Crippen LogP contribution in [-0.2, 0) is 61.8 Å². The molecule has 3 saturated heterocycles. The highest BCUT2D eigenvalue weighted by molar-refractivity contribution is 5.82. The van der Waals surface area contributed by atoms with Gasteiger partial charge in [-0.25, -0.2) is 9.59 Å². The zero-order valence-electron chi connectivity index (χ0n) is 48.0. The van der Waals surface area contributed by atoms with Gasteiger partial charge >= 0.3 is 23.9 Å². The SMILES string of the molecule is CCC(C)(OC(C)=O)C(=O)OC1C(OC(C)=O)C2(CO)C(CC1(C)C)C1=CCC3C4(C)CCC(OC5OC(C(=O)O)C(O)C(OC6OCC(O)C(O)C6O)C5OC5OC(CO)C(O)C(O)C5O)C(C)(C)C4CCC3(C)C1(C)C(O)C2O. The Balaban J connectivity index is 1.13. The van der Waals surface area contributed by atoms with Crippen LogP contribution in [0.1, 0.15) is 121 Å². The van der Waals surface area contributed by atoms with Crippen LogP contribution in [0.3, 0.4) is 0 Å². The molecule has 4 saturated carbocycles. The molecule has 3 heterocycles. The summed E-state index contributed by atoms with van der Waals surface area (Å²) in [6.45, 7) is 17.1. The normalized spacial score (nSPS) is 49.0. The number of aliphatic carboxylic acids is 1. The maximum Gasteiger partial charge on any atom is 0.350 e. The maximum atomic E-state index is 14.1. The number of aliphatic hydroxyl groups is 11. The smallest absolute Gasteiger partial charge is 0.350 e. The summed E-state index contributed by atoms with van der Waals surface area (Å²) in [4.78, 5) is 52.2. The number of hydrogen-bond donors (Lipinski definition) is 12. The number of carboxylic acids is 1. The lowest BCUT2D eigenvalue weighted by atomic mass is 9.32. The van der Waals surface area contributed by atoms with Gasteiger partial charge in [0.2, 0.25) is 5.60 Å². The van der Waals surface area contributed by atoms with Crippen LogP contribution >= 0.6 is 0 Å². The van der Waals surface area contributed by atoms with Gasteiger partial charge in [0.05, 0.1) is 43.5 Å². The molecule has 27 atom stereocenters. The first-order chi connectivity index (χ1) is 37.6. The van der Waals surface area contributed by atoms with Gasteiger partial charge in [-0.1, -0.05) is 67.0 Å². The first-order valence-electron chi connectivity index (χ1n) is 28.3. The third-order valence-corrected chi connectivity index (χ3v) is 21.3. The molecule has 8 rings (SSSR count). The monoisotopic (exact) mass is 1160 g/mol. The standard InChI is InChI=1S/C56H88O25/c1-12-54(10,81-24(3)60)49(72)80-43-44(74-23(2)59)56(22-58)26(19-50(43,4)5)25-13-14-30-52(8)17-16-31(51(6,7)29(52)15-18-53(30,9)55(25,11)41(68)42(56)69)76-48-40(79-47-36(66)34(64)33(63)28(20-57)75-47)38(37(67)39(78-48)45(70)71)77-46-35(65)32(62)27(61)21-73-46/h13,26-44,46-48,57-58,61-69H,12,14-22H2,1-11H3,(H,70,71). The number of carbonyl (C=O) groups is 4. The average Bonchev–Trinajstić information content (AvgIpc) is 3.52. The minimum atomic E-state index is -2.14. The Morgan fingerprint density at radius 2 is 1.35 bits per heavy atom. The van der Waals surface area contributed by atoms with Gasteiger partial charge in [0.1, 0.15) is 67.1 Å². The highest BCUT2D eigenvalue weighted by atomic mass is 16.8. The van der Waals surface area contributed by atoms with Crippen LogP contribution in [0.15, 0.2) is 11.6 Å². The van der Waals surface area contributed by atoms with E-state index in [1.807, 2.05) is 34.6 Å². The quantitative estimate of drug-likeness (QED) is 0.0433. The molecule has 3 aliphatic heterocycles. The van der Waals surface area contributed by atoms with E-state index in [1.165, 1.54) is 6.92 Å². The van der Waals surface area contributed by atoms with E-state index in [1.54, 1.807) is 6.92 Å². The van der Waals surface area contributed by atoms with E-state index >= 15 is 0 Å². The van der Waals surface area contributed by atoms with Crippen LogP contribution in [0.4, 0.5) is 0 Å². The van der Waals surface area contributed by atoms with Gasteiger partial charge in [0.15, 0.2) is 31.1 Å². The zero-order chi connectivity index (χ0) is 60.2. The van der Waals surface area contributed by atoms with E-state index in [2.05, 4.69) is 19.9 Å².